The molecular formula is C11H19F2N3. The van der Waals surface area contributed by atoms with Crippen LogP contribution in [-0.2, 0) is 13.1 Å². The maximum atomic E-state index is 12.0. The first-order valence-corrected chi connectivity index (χ1v) is 5.58. The lowest BCUT2D eigenvalue weighted by Gasteiger charge is -2.05. The lowest BCUT2D eigenvalue weighted by atomic mass is 10.2. The molecule has 0 aliphatic carbocycles. The van der Waals surface area contributed by atoms with Gasteiger partial charge in [-0.25, -0.2) is 8.78 Å². The molecular weight excluding hydrogens is 212 g/mol. The van der Waals surface area contributed by atoms with Gasteiger partial charge >= 0.3 is 0 Å². The summed E-state index contributed by atoms with van der Waals surface area (Å²) in [6.45, 7) is 7.06. The standard InChI is InChI=1S/C11H19F2N3/c1-4-5-16-9(3)10(8(2)15-16)6-14-7-11(12)13/h11,14H,4-7H2,1-3H3. The maximum Gasteiger partial charge on any atom is 0.250 e. The molecule has 0 atom stereocenters. The normalized spacial score (nSPS) is 11.4. The summed E-state index contributed by atoms with van der Waals surface area (Å²) in [5, 5.41) is 7.12. The Labute approximate surface area is 94.8 Å². The number of hydrogen-bond donors (Lipinski definition) is 1. The Morgan fingerprint density at radius 2 is 2.06 bits per heavy atom. The van der Waals surface area contributed by atoms with Crippen molar-refractivity contribution in [1.29, 1.82) is 0 Å². The first-order chi connectivity index (χ1) is 7.56. The summed E-state index contributed by atoms with van der Waals surface area (Å²) in [4.78, 5) is 0. The third-order valence-electron chi connectivity index (χ3n) is 2.57. The fraction of sp³-hybridized carbons (Fsp3) is 0.727. The molecule has 92 valence electrons. The van der Waals surface area contributed by atoms with Crippen LogP contribution in [0.3, 0.4) is 0 Å². The van der Waals surface area contributed by atoms with Gasteiger partial charge in [-0.2, -0.15) is 5.10 Å². The largest absolute Gasteiger partial charge is 0.307 e. The third-order valence-corrected chi connectivity index (χ3v) is 2.57. The molecule has 1 N–H and O–H groups in total. The Balaban J connectivity index is 2.64. The van der Waals surface area contributed by atoms with Crippen LogP contribution in [0, 0.1) is 13.8 Å². The van der Waals surface area contributed by atoms with E-state index < -0.39 is 6.43 Å². The Hall–Kier alpha value is -0.970. The fourth-order valence-electron chi connectivity index (χ4n) is 1.73. The number of hydrogen-bond acceptors (Lipinski definition) is 2. The highest BCUT2D eigenvalue weighted by Crippen LogP contribution is 2.13. The van der Waals surface area contributed by atoms with Crippen LogP contribution in [0.25, 0.3) is 0 Å². The third kappa shape index (κ3) is 3.27. The number of halogens is 2. The molecule has 16 heavy (non-hydrogen) atoms. The molecule has 0 saturated carbocycles. The van der Waals surface area contributed by atoms with E-state index in [2.05, 4.69) is 17.3 Å². The molecule has 0 unspecified atom stereocenters. The summed E-state index contributed by atoms with van der Waals surface area (Å²) < 4.78 is 25.9. The molecule has 1 aromatic rings. The van der Waals surface area contributed by atoms with E-state index in [4.69, 9.17) is 0 Å². The second-order valence-electron chi connectivity index (χ2n) is 3.89. The smallest absolute Gasteiger partial charge is 0.250 e. The average Bonchev–Trinajstić information content (AvgIpc) is 2.45. The average molecular weight is 231 g/mol. The zero-order valence-corrected chi connectivity index (χ0v) is 10.1. The van der Waals surface area contributed by atoms with Crippen molar-refractivity contribution >= 4 is 0 Å². The van der Waals surface area contributed by atoms with Gasteiger partial charge in [0.15, 0.2) is 0 Å². The van der Waals surface area contributed by atoms with Gasteiger partial charge in [-0.1, -0.05) is 6.92 Å². The van der Waals surface area contributed by atoms with E-state index in [1.165, 1.54) is 0 Å². The van der Waals surface area contributed by atoms with E-state index in [9.17, 15) is 8.78 Å². The molecule has 0 fully saturated rings. The van der Waals surface area contributed by atoms with Crippen LogP contribution in [0.1, 0.15) is 30.3 Å². The predicted octanol–water partition coefficient (Wildman–Crippen LogP) is 2.26. The predicted molar refractivity (Wildman–Crippen MR) is 59.7 cm³/mol. The topological polar surface area (TPSA) is 29.9 Å². The van der Waals surface area contributed by atoms with Crippen LogP contribution in [0.2, 0.25) is 0 Å². The molecule has 1 rings (SSSR count). The molecule has 5 heteroatoms. The van der Waals surface area contributed by atoms with E-state index >= 15 is 0 Å². The van der Waals surface area contributed by atoms with Crippen LogP contribution >= 0.6 is 0 Å². The van der Waals surface area contributed by atoms with Crippen molar-refractivity contribution in [2.45, 2.75) is 46.7 Å². The molecule has 0 saturated heterocycles. The number of nitrogens with one attached hydrogen (secondary N) is 1. The van der Waals surface area contributed by atoms with E-state index in [1.54, 1.807) is 0 Å². The monoisotopic (exact) mass is 231 g/mol. The summed E-state index contributed by atoms with van der Waals surface area (Å²) in [7, 11) is 0. The highest BCUT2D eigenvalue weighted by Gasteiger charge is 2.11. The fourth-order valence-corrected chi connectivity index (χ4v) is 1.73. The maximum absolute atomic E-state index is 12.0. The van der Waals surface area contributed by atoms with Gasteiger partial charge in [0.1, 0.15) is 0 Å². The van der Waals surface area contributed by atoms with Crippen LogP contribution in [0.4, 0.5) is 8.78 Å². The van der Waals surface area contributed by atoms with Gasteiger partial charge in [-0.15, -0.1) is 0 Å². The second kappa shape index (κ2) is 5.94. The van der Waals surface area contributed by atoms with E-state index in [0.29, 0.717) is 6.54 Å². The molecule has 0 bridgehead atoms. The van der Waals surface area contributed by atoms with Gasteiger partial charge in [0.25, 0.3) is 6.43 Å². The molecule has 3 nitrogen and oxygen atoms in total. The first kappa shape index (κ1) is 13.1. The van der Waals surface area contributed by atoms with Crippen LogP contribution < -0.4 is 5.32 Å². The van der Waals surface area contributed by atoms with Crippen LogP contribution in [0.15, 0.2) is 0 Å². The molecule has 1 aromatic heterocycles. The minimum absolute atomic E-state index is 0.266. The van der Waals surface area contributed by atoms with E-state index in [-0.39, 0.29) is 6.54 Å². The minimum Gasteiger partial charge on any atom is -0.307 e. The van der Waals surface area contributed by atoms with Crippen molar-refractivity contribution in [2.24, 2.45) is 0 Å². The zero-order chi connectivity index (χ0) is 12.1. The van der Waals surface area contributed by atoms with Gasteiger partial charge < -0.3 is 5.32 Å². The Bertz CT molecular complexity index is 334. The number of nitrogens with zero attached hydrogens (tertiary/aromatic N) is 2. The van der Waals surface area contributed by atoms with Crippen molar-refractivity contribution in [1.82, 2.24) is 15.1 Å². The Kier molecular flexibility index (Phi) is 4.86. The van der Waals surface area contributed by atoms with Crippen molar-refractivity contribution in [3.8, 4) is 0 Å². The SMILES string of the molecule is CCCn1nc(C)c(CNCC(F)F)c1C. The highest BCUT2D eigenvalue weighted by molar-refractivity contribution is 5.24. The number of alkyl halides is 2. The summed E-state index contributed by atoms with van der Waals surface area (Å²) in [5.74, 6) is 0. The molecule has 0 aromatic carbocycles. The Morgan fingerprint density at radius 3 is 2.62 bits per heavy atom. The highest BCUT2D eigenvalue weighted by atomic mass is 19.3. The van der Waals surface area contributed by atoms with Crippen molar-refractivity contribution in [3.63, 3.8) is 0 Å². The summed E-state index contributed by atoms with van der Waals surface area (Å²) >= 11 is 0. The lowest BCUT2D eigenvalue weighted by Crippen LogP contribution is -2.21. The Morgan fingerprint density at radius 1 is 1.38 bits per heavy atom. The molecule has 0 spiro atoms. The van der Waals surface area contributed by atoms with Crippen molar-refractivity contribution < 1.29 is 8.78 Å². The van der Waals surface area contributed by atoms with Gasteiger partial charge in [0, 0.05) is 24.3 Å². The molecule has 1 heterocycles. The van der Waals surface area contributed by atoms with Crippen LogP contribution in [0.5, 0.6) is 0 Å². The minimum atomic E-state index is -2.30. The molecule has 0 amide bonds. The van der Waals surface area contributed by atoms with Gasteiger partial charge in [0.05, 0.1) is 12.2 Å². The summed E-state index contributed by atoms with van der Waals surface area (Å²) in [6, 6.07) is 0. The van der Waals surface area contributed by atoms with Gasteiger partial charge in [0.2, 0.25) is 0 Å². The molecule has 0 aliphatic rings. The van der Waals surface area contributed by atoms with Crippen molar-refractivity contribution in [3.05, 3.63) is 17.0 Å². The quantitative estimate of drug-likeness (QED) is 0.814. The van der Waals surface area contributed by atoms with Crippen molar-refractivity contribution in [2.75, 3.05) is 6.54 Å². The van der Waals surface area contributed by atoms with Gasteiger partial charge in [-0.3, -0.25) is 4.68 Å². The van der Waals surface area contributed by atoms with Crippen LogP contribution in [-0.4, -0.2) is 22.8 Å². The lowest BCUT2D eigenvalue weighted by molar-refractivity contribution is 0.145. The summed E-state index contributed by atoms with van der Waals surface area (Å²) in [5.41, 5.74) is 3.03. The van der Waals surface area contributed by atoms with E-state index in [0.717, 1.165) is 29.9 Å². The summed E-state index contributed by atoms with van der Waals surface area (Å²) in [6.07, 6.45) is -1.28. The zero-order valence-electron chi connectivity index (χ0n) is 10.1. The number of aromatic nitrogens is 2. The van der Waals surface area contributed by atoms with Gasteiger partial charge in [-0.05, 0) is 20.3 Å². The first-order valence-electron chi connectivity index (χ1n) is 5.58. The number of rotatable bonds is 6. The molecule has 0 aliphatic heterocycles. The van der Waals surface area contributed by atoms with E-state index in [1.807, 2.05) is 18.5 Å². The second-order valence-corrected chi connectivity index (χ2v) is 3.89. The number of aryl methyl sites for hydroxylation is 2. The molecule has 0 radical (unpaired) electrons.